The van der Waals surface area contributed by atoms with Crippen molar-refractivity contribution in [2.24, 2.45) is 11.8 Å². The summed E-state index contributed by atoms with van der Waals surface area (Å²) < 4.78 is 0.964. The zero-order valence-corrected chi connectivity index (χ0v) is 19.5. The summed E-state index contributed by atoms with van der Waals surface area (Å²) in [5.74, 6) is 0.918. The van der Waals surface area contributed by atoms with Crippen LogP contribution in [0.5, 0.6) is 0 Å². The fraction of sp³-hybridized carbons (Fsp3) is 0.652. The lowest BCUT2D eigenvalue weighted by molar-refractivity contribution is -0.127. The molecule has 2 aliphatic heterocycles. The number of piperidine rings is 2. The number of hydrogen-bond acceptors (Lipinski definition) is 3. The van der Waals surface area contributed by atoms with Gasteiger partial charge < -0.3 is 10.2 Å². The van der Waals surface area contributed by atoms with Crippen molar-refractivity contribution < 1.29 is 9.59 Å². The summed E-state index contributed by atoms with van der Waals surface area (Å²) in [7, 11) is 0. The zero-order chi connectivity index (χ0) is 21.0. The molecule has 0 radical (unpaired) electrons. The summed E-state index contributed by atoms with van der Waals surface area (Å²) in [6.07, 6.45) is 4.00. The molecule has 1 atom stereocenters. The predicted molar refractivity (Wildman–Crippen MR) is 120 cm³/mol. The minimum atomic E-state index is -0.0252. The Balaban J connectivity index is 1.46. The molecule has 1 aromatic carbocycles. The standard InChI is InChI=1S/C23H34BrN3O2/c1-17-5-4-12-27(15-17)23(2,3)16-25-21(28)18-10-13-26(14-11-18)22(29)19-6-8-20(24)9-7-19/h6-9,17-18H,4-5,10-16H2,1-3H3,(H,25,28). The Morgan fingerprint density at radius 1 is 1.10 bits per heavy atom. The number of benzene rings is 1. The normalized spacial score (nSPS) is 21.8. The summed E-state index contributed by atoms with van der Waals surface area (Å²) in [5.41, 5.74) is 0.677. The molecular weight excluding hydrogens is 430 g/mol. The molecule has 3 rings (SSSR count). The lowest BCUT2D eigenvalue weighted by Gasteiger charge is -2.43. The Hall–Kier alpha value is -1.40. The molecule has 1 N–H and O–H groups in total. The number of nitrogens with zero attached hydrogens (tertiary/aromatic N) is 2. The highest BCUT2D eigenvalue weighted by atomic mass is 79.9. The molecular formula is C23H34BrN3O2. The van der Waals surface area contributed by atoms with Crippen LogP contribution in [0.15, 0.2) is 28.7 Å². The van der Waals surface area contributed by atoms with Crippen LogP contribution in [-0.2, 0) is 4.79 Å². The van der Waals surface area contributed by atoms with Crippen LogP contribution in [0.25, 0.3) is 0 Å². The van der Waals surface area contributed by atoms with E-state index in [-0.39, 0.29) is 23.3 Å². The number of rotatable bonds is 5. The third-order valence-electron chi connectivity index (χ3n) is 6.45. The molecule has 160 valence electrons. The topological polar surface area (TPSA) is 52.7 Å². The van der Waals surface area contributed by atoms with E-state index in [1.807, 2.05) is 29.2 Å². The van der Waals surface area contributed by atoms with Gasteiger partial charge in [-0.3, -0.25) is 14.5 Å². The molecule has 6 heteroatoms. The van der Waals surface area contributed by atoms with Crippen LogP contribution < -0.4 is 5.32 Å². The SMILES string of the molecule is CC1CCCN(C(C)(C)CNC(=O)C2CCN(C(=O)c3ccc(Br)cc3)CC2)C1. The van der Waals surface area contributed by atoms with Gasteiger partial charge in [0.25, 0.3) is 5.91 Å². The number of nitrogens with one attached hydrogen (secondary N) is 1. The molecule has 29 heavy (non-hydrogen) atoms. The number of carbonyl (C=O) groups is 2. The highest BCUT2D eigenvalue weighted by molar-refractivity contribution is 9.10. The Morgan fingerprint density at radius 2 is 1.76 bits per heavy atom. The van der Waals surface area contributed by atoms with Crippen LogP contribution in [0.3, 0.4) is 0 Å². The quantitative estimate of drug-likeness (QED) is 0.719. The Bertz CT molecular complexity index is 711. The van der Waals surface area contributed by atoms with Gasteiger partial charge >= 0.3 is 0 Å². The predicted octanol–water partition coefficient (Wildman–Crippen LogP) is 3.93. The maximum Gasteiger partial charge on any atom is 0.253 e. The first-order valence-electron chi connectivity index (χ1n) is 10.8. The van der Waals surface area contributed by atoms with Crippen molar-refractivity contribution in [2.75, 3.05) is 32.7 Å². The average Bonchev–Trinajstić information content (AvgIpc) is 2.72. The maximum absolute atomic E-state index is 12.7. The van der Waals surface area contributed by atoms with Crippen molar-refractivity contribution >= 4 is 27.7 Å². The van der Waals surface area contributed by atoms with Gasteiger partial charge in [-0.05, 0) is 76.3 Å². The van der Waals surface area contributed by atoms with Crippen molar-refractivity contribution in [3.8, 4) is 0 Å². The number of likely N-dealkylation sites (tertiary alicyclic amines) is 2. The van der Waals surface area contributed by atoms with Crippen LogP contribution in [-0.4, -0.2) is 59.9 Å². The fourth-order valence-electron chi connectivity index (χ4n) is 4.42. The second-order valence-electron chi connectivity index (χ2n) is 9.30. The molecule has 1 aromatic rings. The number of amides is 2. The summed E-state index contributed by atoms with van der Waals surface area (Å²) in [5, 5.41) is 3.20. The van der Waals surface area contributed by atoms with Crippen LogP contribution in [0.2, 0.25) is 0 Å². The van der Waals surface area contributed by atoms with Gasteiger partial charge in [-0.1, -0.05) is 22.9 Å². The van der Waals surface area contributed by atoms with Crippen molar-refractivity contribution in [2.45, 2.75) is 52.0 Å². The van der Waals surface area contributed by atoms with E-state index in [4.69, 9.17) is 0 Å². The Labute approximate surface area is 183 Å². The van der Waals surface area contributed by atoms with E-state index in [1.165, 1.54) is 12.8 Å². The summed E-state index contributed by atoms with van der Waals surface area (Å²) in [6.45, 7) is 10.9. The Kier molecular flexibility index (Phi) is 7.38. The first-order valence-corrected chi connectivity index (χ1v) is 11.6. The lowest BCUT2D eigenvalue weighted by Crippen LogP contribution is -2.55. The molecule has 2 heterocycles. The highest BCUT2D eigenvalue weighted by Gasteiger charge is 2.32. The van der Waals surface area contributed by atoms with E-state index in [2.05, 4.69) is 46.9 Å². The molecule has 2 saturated heterocycles. The van der Waals surface area contributed by atoms with Gasteiger partial charge in [-0.15, -0.1) is 0 Å². The molecule has 2 amide bonds. The summed E-state index contributed by atoms with van der Waals surface area (Å²) in [6, 6.07) is 7.46. The van der Waals surface area contributed by atoms with Gasteiger partial charge in [0.05, 0.1) is 0 Å². The number of hydrogen-bond donors (Lipinski definition) is 1. The van der Waals surface area contributed by atoms with Gasteiger partial charge in [0, 0.05) is 47.7 Å². The molecule has 2 aliphatic rings. The fourth-order valence-corrected chi connectivity index (χ4v) is 4.68. The summed E-state index contributed by atoms with van der Waals surface area (Å²) in [4.78, 5) is 29.8. The van der Waals surface area contributed by atoms with Crippen LogP contribution in [0, 0.1) is 11.8 Å². The van der Waals surface area contributed by atoms with Crippen molar-refractivity contribution in [3.63, 3.8) is 0 Å². The Morgan fingerprint density at radius 3 is 2.38 bits per heavy atom. The third kappa shape index (κ3) is 5.82. The minimum Gasteiger partial charge on any atom is -0.354 e. The van der Waals surface area contributed by atoms with E-state index in [9.17, 15) is 9.59 Å². The molecule has 0 saturated carbocycles. The van der Waals surface area contributed by atoms with E-state index < -0.39 is 0 Å². The van der Waals surface area contributed by atoms with Gasteiger partial charge in [-0.2, -0.15) is 0 Å². The molecule has 1 unspecified atom stereocenters. The largest absolute Gasteiger partial charge is 0.354 e. The van der Waals surface area contributed by atoms with Gasteiger partial charge in [-0.25, -0.2) is 0 Å². The van der Waals surface area contributed by atoms with Gasteiger partial charge in [0.15, 0.2) is 0 Å². The van der Waals surface area contributed by atoms with Crippen LogP contribution >= 0.6 is 15.9 Å². The molecule has 5 nitrogen and oxygen atoms in total. The van der Waals surface area contributed by atoms with Gasteiger partial charge in [0.2, 0.25) is 5.91 Å². The number of halogens is 1. The first kappa shape index (κ1) is 22.3. The average molecular weight is 464 g/mol. The third-order valence-corrected chi connectivity index (χ3v) is 6.98. The molecule has 0 bridgehead atoms. The van der Waals surface area contributed by atoms with E-state index in [0.717, 1.165) is 36.3 Å². The van der Waals surface area contributed by atoms with E-state index >= 15 is 0 Å². The van der Waals surface area contributed by atoms with Crippen molar-refractivity contribution in [1.82, 2.24) is 15.1 Å². The minimum absolute atomic E-state index is 0.0000438. The van der Waals surface area contributed by atoms with Crippen LogP contribution in [0.4, 0.5) is 0 Å². The lowest BCUT2D eigenvalue weighted by atomic mass is 9.92. The second-order valence-corrected chi connectivity index (χ2v) is 10.2. The van der Waals surface area contributed by atoms with Gasteiger partial charge in [0.1, 0.15) is 0 Å². The molecule has 0 aromatic heterocycles. The van der Waals surface area contributed by atoms with E-state index in [0.29, 0.717) is 25.2 Å². The monoisotopic (exact) mass is 463 g/mol. The van der Waals surface area contributed by atoms with Crippen molar-refractivity contribution in [1.29, 1.82) is 0 Å². The smallest absolute Gasteiger partial charge is 0.253 e. The van der Waals surface area contributed by atoms with E-state index in [1.54, 1.807) is 0 Å². The highest BCUT2D eigenvalue weighted by Crippen LogP contribution is 2.24. The van der Waals surface area contributed by atoms with Crippen LogP contribution in [0.1, 0.15) is 56.8 Å². The number of carbonyl (C=O) groups excluding carboxylic acids is 2. The first-order chi connectivity index (χ1) is 13.8. The molecule has 0 spiro atoms. The molecule has 0 aliphatic carbocycles. The maximum atomic E-state index is 12.7. The summed E-state index contributed by atoms with van der Waals surface area (Å²) >= 11 is 3.40. The zero-order valence-electron chi connectivity index (χ0n) is 17.9. The molecule has 2 fully saturated rings. The van der Waals surface area contributed by atoms with Crippen molar-refractivity contribution in [3.05, 3.63) is 34.3 Å². The second kappa shape index (κ2) is 9.61.